The summed E-state index contributed by atoms with van der Waals surface area (Å²) in [5.41, 5.74) is 12.1. The minimum Gasteiger partial charge on any atom is -0.430 e. The predicted molar refractivity (Wildman–Crippen MR) is 130 cm³/mol. The molecule has 2 aromatic heterocycles. The number of nitrogens with zero attached hydrogens (tertiary/aromatic N) is 5. The monoisotopic (exact) mass is 469 g/mol. The number of aromatic nitrogens is 4. The number of nitrogens with two attached hydrogens (primary N) is 1. The maximum absolute atomic E-state index is 7.83. The van der Waals surface area contributed by atoms with Crippen molar-refractivity contribution < 1.29 is 4.74 Å². The maximum Gasteiger partial charge on any atom is 0.290 e. The fraction of sp³-hybridized carbons (Fsp3) is 0.364. The number of benzene rings is 1. The Morgan fingerprint density at radius 1 is 1.22 bits per heavy atom. The van der Waals surface area contributed by atoms with Crippen molar-refractivity contribution in [2.45, 2.75) is 53.0 Å². The van der Waals surface area contributed by atoms with Gasteiger partial charge in [0.2, 0.25) is 0 Å². The smallest absolute Gasteiger partial charge is 0.290 e. The summed E-state index contributed by atoms with van der Waals surface area (Å²) >= 11 is 6.60. The van der Waals surface area contributed by atoms with Gasteiger partial charge in [0.15, 0.2) is 10.6 Å². The Balaban J connectivity index is 1.69. The third-order valence-electron chi connectivity index (χ3n) is 4.90. The van der Waals surface area contributed by atoms with Gasteiger partial charge in [0, 0.05) is 18.2 Å². The van der Waals surface area contributed by atoms with Crippen LogP contribution in [0, 0.1) is 19.3 Å². The van der Waals surface area contributed by atoms with E-state index in [0.29, 0.717) is 22.8 Å². The summed E-state index contributed by atoms with van der Waals surface area (Å²) in [6, 6.07) is 4.00. The fourth-order valence-electron chi connectivity index (χ4n) is 2.98. The van der Waals surface area contributed by atoms with E-state index in [1.807, 2.05) is 19.9 Å². The molecule has 2 heterocycles. The summed E-state index contributed by atoms with van der Waals surface area (Å²) in [6.45, 7) is 10.8. The summed E-state index contributed by atoms with van der Waals surface area (Å²) in [4.78, 5) is 13.4. The van der Waals surface area contributed by atoms with Crippen molar-refractivity contribution in [3.05, 3.63) is 62.9 Å². The molecule has 0 spiro atoms. The van der Waals surface area contributed by atoms with Gasteiger partial charge in [0.05, 0.1) is 11.9 Å². The van der Waals surface area contributed by atoms with Crippen molar-refractivity contribution in [3.8, 4) is 5.75 Å². The van der Waals surface area contributed by atoms with Crippen LogP contribution in [0.3, 0.4) is 0 Å². The number of thiocarbonyl (C=S) groups is 1. The molecule has 0 saturated carbocycles. The van der Waals surface area contributed by atoms with Crippen LogP contribution in [0.25, 0.3) is 0 Å². The van der Waals surface area contributed by atoms with E-state index in [-0.39, 0.29) is 16.4 Å². The molecule has 10 heteroatoms. The van der Waals surface area contributed by atoms with Crippen LogP contribution >= 0.6 is 23.6 Å². The Morgan fingerprint density at radius 2 is 1.97 bits per heavy atom. The first-order valence-corrected chi connectivity index (χ1v) is 11.4. The van der Waals surface area contributed by atoms with Crippen molar-refractivity contribution in [1.82, 2.24) is 19.7 Å². The van der Waals surface area contributed by atoms with Crippen LogP contribution in [0.4, 0.5) is 0 Å². The molecule has 0 saturated heterocycles. The molecule has 0 aliphatic heterocycles. The summed E-state index contributed by atoms with van der Waals surface area (Å²) in [6.07, 6.45) is 4.06. The zero-order valence-electron chi connectivity index (χ0n) is 18.8. The summed E-state index contributed by atoms with van der Waals surface area (Å²) in [7, 11) is 0. The average molecular weight is 470 g/mol. The van der Waals surface area contributed by atoms with E-state index in [2.05, 4.69) is 46.9 Å². The van der Waals surface area contributed by atoms with Crippen LogP contribution in [0.2, 0.25) is 0 Å². The van der Waals surface area contributed by atoms with Crippen LogP contribution in [0.15, 0.2) is 35.0 Å². The Bertz CT molecular complexity index is 1200. The van der Waals surface area contributed by atoms with Gasteiger partial charge in [-0.15, -0.1) is 0 Å². The lowest BCUT2D eigenvalue weighted by Crippen LogP contribution is -2.21. The molecule has 1 aromatic carbocycles. The first-order chi connectivity index (χ1) is 15.0. The van der Waals surface area contributed by atoms with Crippen molar-refractivity contribution in [3.63, 3.8) is 0 Å². The number of aliphatic imine (C=N–C) groups is 1. The van der Waals surface area contributed by atoms with Crippen molar-refractivity contribution in [2.75, 3.05) is 0 Å². The highest BCUT2D eigenvalue weighted by molar-refractivity contribution is 7.80. The number of hydrogen-bond acceptors (Lipinski definition) is 7. The number of ether oxygens (including phenoxy) is 1. The number of nitrogens with one attached hydrogen (secondary N) is 1. The zero-order valence-corrected chi connectivity index (χ0v) is 20.5. The lowest BCUT2D eigenvalue weighted by molar-refractivity contribution is 0.550. The molecule has 168 valence electrons. The van der Waals surface area contributed by atoms with Crippen LogP contribution in [-0.4, -0.2) is 30.8 Å². The molecule has 0 fully saturated rings. The van der Waals surface area contributed by atoms with Gasteiger partial charge < -0.3 is 10.5 Å². The number of amidine groups is 1. The van der Waals surface area contributed by atoms with E-state index in [9.17, 15) is 0 Å². The Morgan fingerprint density at radius 3 is 2.56 bits per heavy atom. The minimum atomic E-state index is -0.0974. The topological polar surface area (TPSA) is 115 Å². The molecule has 3 rings (SSSR count). The van der Waals surface area contributed by atoms with Crippen molar-refractivity contribution in [1.29, 1.82) is 5.41 Å². The summed E-state index contributed by atoms with van der Waals surface area (Å²) in [5.74, 6) is 0.782. The lowest BCUT2D eigenvalue weighted by Gasteiger charge is -2.16. The van der Waals surface area contributed by atoms with Crippen molar-refractivity contribution >= 4 is 34.6 Å². The molecule has 0 aliphatic carbocycles. The van der Waals surface area contributed by atoms with Gasteiger partial charge in [-0.3, -0.25) is 10.4 Å². The van der Waals surface area contributed by atoms with Gasteiger partial charge in [0.1, 0.15) is 17.0 Å². The molecule has 3 aromatic rings. The molecule has 0 aliphatic rings. The standard InChI is InChI=1S/C22H27N7OS2/c1-13-9-17(14(2)8-15(13)6-7-29-20(24)32-12-27-29)30-21(31)28-19(23)16-10-26-18(11-25-16)22(3,4)5/h8-12,24H,6-7H2,1-5H3,(H2,23,28,31). The molecular weight excluding hydrogens is 442 g/mol. The van der Waals surface area contributed by atoms with Gasteiger partial charge >= 0.3 is 0 Å². The van der Waals surface area contributed by atoms with E-state index in [4.69, 9.17) is 28.1 Å². The van der Waals surface area contributed by atoms with Crippen LogP contribution < -0.4 is 15.3 Å². The van der Waals surface area contributed by atoms with Gasteiger partial charge in [0.25, 0.3) is 5.17 Å². The SMILES string of the molecule is Cc1cc(OC(=S)N=C(N)c2cnc(C(C)(C)C)cn2)c(C)cc1CCn1ncsc1=N. The lowest BCUT2D eigenvalue weighted by atomic mass is 9.93. The minimum absolute atomic E-state index is 0.0105. The largest absolute Gasteiger partial charge is 0.430 e. The van der Waals surface area contributed by atoms with Gasteiger partial charge in [-0.2, -0.15) is 10.1 Å². The van der Waals surface area contributed by atoms with Crippen LogP contribution in [0.1, 0.15) is 48.8 Å². The number of rotatable bonds is 5. The van der Waals surface area contributed by atoms with E-state index in [1.54, 1.807) is 22.6 Å². The normalized spacial score (nSPS) is 12.1. The number of aryl methyl sites for hydroxylation is 4. The third kappa shape index (κ3) is 5.83. The highest BCUT2D eigenvalue weighted by Gasteiger charge is 2.16. The molecule has 0 atom stereocenters. The molecule has 8 nitrogen and oxygen atoms in total. The predicted octanol–water partition coefficient (Wildman–Crippen LogP) is 3.44. The second-order valence-corrected chi connectivity index (χ2v) is 9.65. The van der Waals surface area contributed by atoms with E-state index in [1.165, 1.54) is 11.3 Å². The third-order valence-corrected chi connectivity index (χ3v) is 5.71. The first-order valence-electron chi connectivity index (χ1n) is 10.1. The number of hydrogen-bond donors (Lipinski definition) is 2. The highest BCUT2D eigenvalue weighted by atomic mass is 32.1. The van der Waals surface area contributed by atoms with Gasteiger partial charge in [-0.1, -0.05) is 38.2 Å². The van der Waals surface area contributed by atoms with Gasteiger partial charge in [-0.25, -0.2) is 9.67 Å². The maximum atomic E-state index is 7.83. The second kappa shape index (κ2) is 9.66. The highest BCUT2D eigenvalue weighted by Crippen LogP contribution is 2.24. The van der Waals surface area contributed by atoms with Crippen LogP contribution in [0.5, 0.6) is 5.75 Å². The quantitative estimate of drug-likeness (QED) is 0.336. The first kappa shape index (κ1) is 23.7. The van der Waals surface area contributed by atoms with E-state index in [0.717, 1.165) is 28.8 Å². The Hall–Kier alpha value is -2.98. The molecule has 3 N–H and O–H groups in total. The molecular formula is C22H27N7OS2. The van der Waals surface area contributed by atoms with Crippen LogP contribution in [-0.2, 0) is 18.4 Å². The van der Waals surface area contributed by atoms with Gasteiger partial charge in [-0.05, 0) is 55.2 Å². The molecule has 0 bridgehead atoms. The molecule has 0 unspecified atom stereocenters. The van der Waals surface area contributed by atoms with E-state index < -0.39 is 0 Å². The summed E-state index contributed by atoms with van der Waals surface area (Å²) < 4.78 is 7.48. The molecule has 0 radical (unpaired) electrons. The Kier molecular flexibility index (Phi) is 7.15. The summed E-state index contributed by atoms with van der Waals surface area (Å²) in [5, 5.41) is 12.0. The average Bonchev–Trinajstić information content (AvgIpc) is 3.13. The fourth-order valence-corrected chi connectivity index (χ4v) is 3.69. The van der Waals surface area contributed by atoms with E-state index >= 15 is 0 Å². The molecule has 0 amide bonds. The molecule has 32 heavy (non-hydrogen) atoms. The second-order valence-electron chi connectivity index (χ2n) is 8.46. The van der Waals surface area contributed by atoms with Crippen molar-refractivity contribution in [2.24, 2.45) is 10.7 Å². The zero-order chi connectivity index (χ0) is 23.5. The Labute approximate surface area is 196 Å².